The summed E-state index contributed by atoms with van der Waals surface area (Å²) in [6, 6.07) is 6.06. The van der Waals surface area contributed by atoms with Crippen LogP contribution in [0.15, 0.2) is 23.2 Å². The maximum atomic E-state index is 6.04. The summed E-state index contributed by atoms with van der Waals surface area (Å²) in [5.74, 6) is 0.820. The second-order valence-corrected chi connectivity index (χ2v) is 5.80. The van der Waals surface area contributed by atoms with Gasteiger partial charge in [0.2, 0.25) is 0 Å². The Morgan fingerprint density at radius 1 is 1.32 bits per heavy atom. The van der Waals surface area contributed by atoms with Crippen molar-refractivity contribution in [2.24, 2.45) is 4.99 Å². The van der Waals surface area contributed by atoms with Crippen molar-refractivity contribution < 1.29 is 4.74 Å². The summed E-state index contributed by atoms with van der Waals surface area (Å²) in [4.78, 5) is 6.65. The number of hydrogen-bond donors (Lipinski definition) is 2. The highest BCUT2D eigenvalue weighted by molar-refractivity contribution is 6.31. The van der Waals surface area contributed by atoms with Crippen molar-refractivity contribution in [3.05, 3.63) is 34.3 Å². The third-order valence-corrected chi connectivity index (χ3v) is 4.15. The molecule has 6 heteroatoms. The molecule has 1 aromatic carbocycles. The van der Waals surface area contributed by atoms with Gasteiger partial charge in [0, 0.05) is 44.8 Å². The van der Waals surface area contributed by atoms with E-state index in [-0.39, 0.29) is 0 Å². The molecule has 1 aromatic rings. The van der Waals surface area contributed by atoms with E-state index in [1.165, 1.54) is 5.56 Å². The number of halogens is 1. The van der Waals surface area contributed by atoms with E-state index in [4.69, 9.17) is 16.3 Å². The quantitative estimate of drug-likeness (QED) is 0.638. The third kappa shape index (κ3) is 5.48. The molecule has 122 valence electrons. The highest BCUT2D eigenvalue weighted by Crippen LogP contribution is 2.15. The SMILES string of the molecule is CN=C(NCCN1CCOCC1)NCc1ccc(Cl)c(C)c1. The molecule has 2 rings (SSSR count). The molecule has 1 saturated heterocycles. The molecule has 22 heavy (non-hydrogen) atoms. The van der Waals surface area contributed by atoms with E-state index < -0.39 is 0 Å². The van der Waals surface area contributed by atoms with Crippen molar-refractivity contribution in [3.63, 3.8) is 0 Å². The number of aliphatic imine (C=N–C) groups is 1. The molecule has 1 aliphatic rings. The topological polar surface area (TPSA) is 48.9 Å². The lowest BCUT2D eigenvalue weighted by Gasteiger charge is -2.26. The summed E-state index contributed by atoms with van der Waals surface area (Å²) in [6.07, 6.45) is 0. The van der Waals surface area contributed by atoms with Crippen LogP contribution in [0.2, 0.25) is 5.02 Å². The van der Waals surface area contributed by atoms with Crippen LogP contribution in [0.5, 0.6) is 0 Å². The van der Waals surface area contributed by atoms with E-state index in [9.17, 15) is 0 Å². The monoisotopic (exact) mass is 324 g/mol. The van der Waals surface area contributed by atoms with Gasteiger partial charge in [0.1, 0.15) is 0 Å². The Morgan fingerprint density at radius 2 is 2.09 bits per heavy atom. The molecule has 0 radical (unpaired) electrons. The van der Waals surface area contributed by atoms with Crippen LogP contribution >= 0.6 is 11.6 Å². The van der Waals surface area contributed by atoms with E-state index >= 15 is 0 Å². The fraction of sp³-hybridized carbons (Fsp3) is 0.562. The van der Waals surface area contributed by atoms with Gasteiger partial charge in [-0.2, -0.15) is 0 Å². The van der Waals surface area contributed by atoms with Gasteiger partial charge in [0.15, 0.2) is 5.96 Å². The van der Waals surface area contributed by atoms with Crippen LogP contribution in [0.4, 0.5) is 0 Å². The third-order valence-electron chi connectivity index (χ3n) is 3.73. The summed E-state index contributed by atoms with van der Waals surface area (Å²) in [7, 11) is 1.79. The zero-order valence-electron chi connectivity index (χ0n) is 13.4. The standard InChI is InChI=1S/C16H25ClN4O/c1-13-11-14(3-4-15(13)17)12-20-16(18-2)19-5-6-21-7-9-22-10-8-21/h3-4,11H,5-10,12H2,1-2H3,(H2,18,19,20). The number of nitrogens with zero attached hydrogens (tertiary/aromatic N) is 2. The van der Waals surface area contributed by atoms with Gasteiger partial charge in [0.05, 0.1) is 13.2 Å². The number of aryl methyl sites for hydroxylation is 1. The first-order chi connectivity index (χ1) is 10.7. The molecule has 0 spiro atoms. The van der Waals surface area contributed by atoms with Crippen LogP contribution in [-0.2, 0) is 11.3 Å². The van der Waals surface area contributed by atoms with Crippen molar-refractivity contribution in [2.75, 3.05) is 46.4 Å². The van der Waals surface area contributed by atoms with Gasteiger partial charge in [-0.25, -0.2) is 0 Å². The molecule has 2 N–H and O–H groups in total. The fourth-order valence-corrected chi connectivity index (χ4v) is 2.50. The molecule has 1 heterocycles. The Morgan fingerprint density at radius 3 is 2.77 bits per heavy atom. The van der Waals surface area contributed by atoms with E-state index in [1.807, 2.05) is 19.1 Å². The number of benzene rings is 1. The molecule has 0 amide bonds. The number of rotatable bonds is 5. The maximum Gasteiger partial charge on any atom is 0.191 e. The Bertz CT molecular complexity index is 501. The second kappa shape index (κ2) is 8.98. The highest BCUT2D eigenvalue weighted by Gasteiger charge is 2.09. The summed E-state index contributed by atoms with van der Waals surface area (Å²) in [6.45, 7) is 8.32. The number of guanidine groups is 1. The van der Waals surface area contributed by atoms with Gasteiger partial charge in [-0.1, -0.05) is 23.7 Å². The molecule has 0 bridgehead atoms. The minimum absolute atomic E-state index is 0.731. The van der Waals surface area contributed by atoms with Gasteiger partial charge in [0.25, 0.3) is 0 Å². The van der Waals surface area contributed by atoms with Gasteiger partial charge in [-0.3, -0.25) is 9.89 Å². The smallest absolute Gasteiger partial charge is 0.191 e. The van der Waals surface area contributed by atoms with Gasteiger partial charge in [-0.15, -0.1) is 0 Å². The normalized spacial score (nSPS) is 16.6. The minimum Gasteiger partial charge on any atom is -0.379 e. The molecule has 0 aromatic heterocycles. The fourth-order valence-electron chi connectivity index (χ4n) is 2.38. The number of nitrogens with one attached hydrogen (secondary N) is 2. The summed E-state index contributed by atoms with van der Waals surface area (Å²) in [5, 5.41) is 7.47. The molecular formula is C16H25ClN4O. The first kappa shape index (κ1) is 17.1. The van der Waals surface area contributed by atoms with Crippen molar-refractivity contribution >= 4 is 17.6 Å². The Labute approximate surface area is 137 Å². The van der Waals surface area contributed by atoms with Crippen LogP contribution < -0.4 is 10.6 Å². The van der Waals surface area contributed by atoms with Crippen molar-refractivity contribution in [1.29, 1.82) is 0 Å². The minimum atomic E-state index is 0.731. The van der Waals surface area contributed by atoms with Crippen LogP contribution in [0.1, 0.15) is 11.1 Å². The Balaban J connectivity index is 1.71. The maximum absolute atomic E-state index is 6.04. The zero-order valence-corrected chi connectivity index (χ0v) is 14.1. The summed E-state index contributed by atoms with van der Waals surface area (Å²) in [5.41, 5.74) is 2.29. The average molecular weight is 325 g/mol. The van der Waals surface area contributed by atoms with Gasteiger partial charge in [-0.05, 0) is 24.1 Å². The molecular weight excluding hydrogens is 300 g/mol. The number of morpholine rings is 1. The summed E-state index contributed by atoms with van der Waals surface area (Å²) >= 11 is 6.04. The first-order valence-electron chi connectivity index (χ1n) is 7.68. The Hall–Kier alpha value is -1.30. The molecule has 5 nitrogen and oxygen atoms in total. The van der Waals surface area contributed by atoms with E-state index in [1.54, 1.807) is 7.05 Å². The van der Waals surface area contributed by atoms with Crippen molar-refractivity contribution in [3.8, 4) is 0 Å². The van der Waals surface area contributed by atoms with Crippen LogP contribution in [-0.4, -0.2) is 57.3 Å². The van der Waals surface area contributed by atoms with Crippen LogP contribution in [0.3, 0.4) is 0 Å². The van der Waals surface area contributed by atoms with Crippen molar-refractivity contribution in [1.82, 2.24) is 15.5 Å². The molecule has 1 aliphatic heterocycles. The zero-order chi connectivity index (χ0) is 15.8. The van der Waals surface area contributed by atoms with E-state index in [2.05, 4.69) is 26.6 Å². The van der Waals surface area contributed by atoms with Crippen LogP contribution in [0.25, 0.3) is 0 Å². The Kier molecular flexibility index (Phi) is 6.96. The predicted octanol–water partition coefficient (Wildman–Crippen LogP) is 1.65. The largest absolute Gasteiger partial charge is 0.379 e. The van der Waals surface area contributed by atoms with Crippen molar-refractivity contribution in [2.45, 2.75) is 13.5 Å². The average Bonchev–Trinajstić information content (AvgIpc) is 2.55. The lowest BCUT2D eigenvalue weighted by molar-refractivity contribution is 0.0389. The lowest BCUT2D eigenvalue weighted by atomic mass is 10.1. The molecule has 0 saturated carbocycles. The number of ether oxygens (including phenoxy) is 1. The molecule has 1 fully saturated rings. The summed E-state index contributed by atoms with van der Waals surface area (Å²) < 4.78 is 5.35. The van der Waals surface area contributed by atoms with Gasteiger partial charge >= 0.3 is 0 Å². The van der Waals surface area contributed by atoms with Gasteiger partial charge < -0.3 is 15.4 Å². The lowest BCUT2D eigenvalue weighted by Crippen LogP contribution is -2.44. The van der Waals surface area contributed by atoms with E-state index in [0.29, 0.717) is 0 Å². The van der Waals surface area contributed by atoms with E-state index in [0.717, 1.165) is 62.5 Å². The second-order valence-electron chi connectivity index (χ2n) is 5.39. The molecule has 0 unspecified atom stereocenters. The predicted molar refractivity (Wildman–Crippen MR) is 91.6 cm³/mol. The van der Waals surface area contributed by atoms with Crippen LogP contribution in [0, 0.1) is 6.92 Å². The highest BCUT2D eigenvalue weighted by atomic mass is 35.5. The number of hydrogen-bond acceptors (Lipinski definition) is 3. The first-order valence-corrected chi connectivity index (χ1v) is 8.06. The molecule has 0 atom stereocenters. The molecule has 0 aliphatic carbocycles.